The van der Waals surface area contributed by atoms with E-state index in [0.29, 0.717) is 11.7 Å². The van der Waals surface area contributed by atoms with Gasteiger partial charge < -0.3 is 14.7 Å². The van der Waals surface area contributed by atoms with Crippen molar-refractivity contribution in [1.29, 1.82) is 0 Å². The van der Waals surface area contributed by atoms with Gasteiger partial charge in [-0.3, -0.25) is 0 Å². The maximum Gasteiger partial charge on any atom is 0.354 e. The standard InChI is InChI=1S/C14H20N2O3/c1-16(8-5-11-6-9-19-10-7-11)13-4-2-3-12(15-13)14(17)18/h2-4,11H,5-10H2,1H3,(H,17,18). The van der Waals surface area contributed by atoms with E-state index in [1.54, 1.807) is 6.07 Å². The van der Waals surface area contributed by atoms with Crippen molar-refractivity contribution < 1.29 is 14.6 Å². The van der Waals surface area contributed by atoms with Gasteiger partial charge >= 0.3 is 5.97 Å². The van der Waals surface area contributed by atoms with Gasteiger partial charge in [0.15, 0.2) is 5.69 Å². The van der Waals surface area contributed by atoms with E-state index in [-0.39, 0.29) is 5.69 Å². The molecule has 1 aliphatic heterocycles. The van der Waals surface area contributed by atoms with Crippen LogP contribution in [0.2, 0.25) is 0 Å². The highest BCUT2D eigenvalue weighted by Crippen LogP contribution is 2.20. The Morgan fingerprint density at radius 1 is 1.47 bits per heavy atom. The molecule has 1 aromatic heterocycles. The summed E-state index contributed by atoms with van der Waals surface area (Å²) in [5.41, 5.74) is 0.0930. The lowest BCUT2D eigenvalue weighted by Gasteiger charge is -2.25. The Balaban J connectivity index is 1.89. The van der Waals surface area contributed by atoms with Crippen LogP contribution in [0.1, 0.15) is 29.8 Å². The molecule has 1 aromatic rings. The van der Waals surface area contributed by atoms with Gasteiger partial charge in [-0.05, 0) is 37.3 Å². The minimum atomic E-state index is -0.986. The number of hydrogen-bond acceptors (Lipinski definition) is 4. The van der Waals surface area contributed by atoms with Crippen LogP contribution in [0.15, 0.2) is 18.2 Å². The molecule has 0 amide bonds. The average molecular weight is 264 g/mol. The molecule has 19 heavy (non-hydrogen) atoms. The third-order valence-corrected chi connectivity index (χ3v) is 3.56. The third-order valence-electron chi connectivity index (χ3n) is 3.56. The first-order valence-electron chi connectivity index (χ1n) is 6.66. The molecular weight excluding hydrogens is 244 g/mol. The van der Waals surface area contributed by atoms with Crippen molar-refractivity contribution in [3.63, 3.8) is 0 Å². The lowest BCUT2D eigenvalue weighted by atomic mass is 9.96. The fraction of sp³-hybridized carbons (Fsp3) is 0.571. The van der Waals surface area contributed by atoms with Gasteiger partial charge in [0.05, 0.1) is 0 Å². The molecule has 1 saturated heterocycles. The van der Waals surface area contributed by atoms with Crippen molar-refractivity contribution in [3.05, 3.63) is 23.9 Å². The topological polar surface area (TPSA) is 62.7 Å². The van der Waals surface area contributed by atoms with E-state index >= 15 is 0 Å². The number of carboxylic acids is 1. The minimum Gasteiger partial charge on any atom is -0.477 e. The fourth-order valence-corrected chi connectivity index (χ4v) is 2.28. The van der Waals surface area contributed by atoms with E-state index in [9.17, 15) is 4.79 Å². The molecule has 104 valence electrons. The second-order valence-corrected chi connectivity index (χ2v) is 4.95. The number of aromatic nitrogens is 1. The third kappa shape index (κ3) is 3.92. The summed E-state index contributed by atoms with van der Waals surface area (Å²) in [4.78, 5) is 17.0. The van der Waals surface area contributed by atoms with Gasteiger partial charge in [-0.25, -0.2) is 9.78 Å². The highest BCUT2D eigenvalue weighted by molar-refractivity contribution is 5.85. The number of nitrogens with zero attached hydrogens (tertiary/aromatic N) is 2. The molecule has 0 unspecified atom stereocenters. The van der Waals surface area contributed by atoms with Gasteiger partial charge in [-0.2, -0.15) is 0 Å². The van der Waals surface area contributed by atoms with Gasteiger partial charge in [0, 0.05) is 26.8 Å². The summed E-state index contributed by atoms with van der Waals surface area (Å²) in [5, 5.41) is 8.93. The Kier molecular flexibility index (Phi) is 4.74. The van der Waals surface area contributed by atoms with Gasteiger partial charge in [-0.15, -0.1) is 0 Å². The Hall–Kier alpha value is -1.62. The number of carboxylic acid groups (broad SMARTS) is 1. The zero-order valence-electron chi connectivity index (χ0n) is 11.2. The van der Waals surface area contributed by atoms with Crippen LogP contribution in [-0.2, 0) is 4.74 Å². The molecule has 0 radical (unpaired) electrons. The monoisotopic (exact) mass is 264 g/mol. The molecule has 0 atom stereocenters. The molecule has 0 bridgehead atoms. The molecule has 1 fully saturated rings. The van der Waals surface area contributed by atoms with Gasteiger partial charge in [0.1, 0.15) is 5.82 Å². The first-order valence-corrected chi connectivity index (χ1v) is 6.66. The number of hydrogen-bond donors (Lipinski definition) is 1. The number of aromatic carboxylic acids is 1. The lowest BCUT2D eigenvalue weighted by Crippen LogP contribution is -2.25. The molecule has 2 heterocycles. The Labute approximate surface area is 113 Å². The molecule has 0 aliphatic carbocycles. The van der Waals surface area contributed by atoms with Crippen molar-refractivity contribution in [1.82, 2.24) is 4.98 Å². The van der Waals surface area contributed by atoms with Crippen LogP contribution in [-0.4, -0.2) is 42.9 Å². The maximum atomic E-state index is 10.9. The normalized spacial score (nSPS) is 16.3. The zero-order valence-corrected chi connectivity index (χ0v) is 11.2. The number of carbonyl (C=O) groups is 1. The van der Waals surface area contributed by atoms with Crippen LogP contribution in [0.4, 0.5) is 5.82 Å². The highest BCUT2D eigenvalue weighted by Gasteiger charge is 2.15. The molecule has 0 aromatic carbocycles. The number of anilines is 1. The molecular formula is C14H20N2O3. The summed E-state index contributed by atoms with van der Waals surface area (Å²) >= 11 is 0. The molecule has 2 rings (SSSR count). The smallest absolute Gasteiger partial charge is 0.354 e. The predicted octanol–water partition coefficient (Wildman–Crippen LogP) is 2.03. The van der Waals surface area contributed by atoms with E-state index in [1.165, 1.54) is 6.07 Å². The molecule has 5 heteroatoms. The van der Waals surface area contributed by atoms with Crippen molar-refractivity contribution in [3.8, 4) is 0 Å². The summed E-state index contributed by atoms with van der Waals surface area (Å²) in [7, 11) is 1.95. The van der Waals surface area contributed by atoms with E-state index < -0.39 is 5.97 Å². The number of rotatable bonds is 5. The van der Waals surface area contributed by atoms with Crippen molar-refractivity contribution in [2.75, 3.05) is 31.7 Å². The summed E-state index contributed by atoms with van der Waals surface area (Å²) < 4.78 is 5.34. The van der Waals surface area contributed by atoms with Crippen LogP contribution in [0.25, 0.3) is 0 Å². The van der Waals surface area contributed by atoms with Crippen molar-refractivity contribution in [2.45, 2.75) is 19.3 Å². The zero-order chi connectivity index (χ0) is 13.7. The second kappa shape index (κ2) is 6.52. The average Bonchev–Trinajstić information content (AvgIpc) is 2.46. The fourth-order valence-electron chi connectivity index (χ4n) is 2.28. The van der Waals surface area contributed by atoms with E-state index in [0.717, 1.165) is 39.0 Å². The number of ether oxygens (including phenoxy) is 1. The van der Waals surface area contributed by atoms with E-state index in [4.69, 9.17) is 9.84 Å². The predicted molar refractivity (Wildman–Crippen MR) is 72.6 cm³/mol. The van der Waals surface area contributed by atoms with Crippen LogP contribution in [0.3, 0.4) is 0 Å². The quantitative estimate of drug-likeness (QED) is 0.881. The first kappa shape index (κ1) is 13.8. The lowest BCUT2D eigenvalue weighted by molar-refractivity contribution is 0.0645. The highest BCUT2D eigenvalue weighted by atomic mass is 16.5. The molecule has 1 aliphatic rings. The van der Waals surface area contributed by atoms with Gasteiger partial charge in [0.2, 0.25) is 0 Å². The summed E-state index contributed by atoms with van der Waals surface area (Å²) in [6, 6.07) is 5.09. The molecule has 0 spiro atoms. The molecule has 0 saturated carbocycles. The van der Waals surface area contributed by atoms with E-state index in [1.807, 2.05) is 18.0 Å². The second-order valence-electron chi connectivity index (χ2n) is 4.95. The summed E-state index contributed by atoms with van der Waals surface area (Å²) in [5.74, 6) is 0.436. The Morgan fingerprint density at radius 2 is 2.21 bits per heavy atom. The summed E-state index contributed by atoms with van der Waals surface area (Å²) in [6.07, 6.45) is 3.34. The molecule has 1 N–H and O–H groups in total. The minimum absolute atomic E-state index is 0.0930. The SMILES string of the molecule is CN(CCC1CCOCC1)c1cccc(C(=O)O)n1. The van der Waals surface area contributed by atoms with Crippen LogP contribution in [0.5, 0.6) is 0 Å². The Bertz CT molecular complexity index is 430. The first-order chi connectivity index (χ1) is 9.16. The van der Waals surface area contributed by atoms with Crippen LogP contribution >= 0.6 is 0 Å². The van der Waals surface area contributed by atoms with Crippen LogP contribution in [0, 0.1) is 5.92 Å². The van der Waals surface area contributed by atoms with Crippen molar-refractivity contribution >= 4 is 11.8 Å². The molecule has 5 nitrogen and oxygen atoms in total. The summed E-state index contributed by atoms with van der Waals surface area (Å²) in [6.45, 7) is 2.61. The van der Waals surface area contributed by atoms with Crippen molar-refractivity contribution in [2.24, 2.45) is 5.92 Å². The Morgan fingerprint density at radius 3 is 2.89 bits per heavy atom. The van der Waals surface area contributed by atoms with E-state index in [2.05, 4.69) is 4.98 Å². The van der Waals surface area contributed by atoms with Gasteiger partial charge in [0.25, 0.3) is 0 Å². The van der Waals surface area contributed by atoms with Crippen LogP contribution < -0.4 is 4.90 Å². The number of pyridine rings is 1. The maximum absolute atomic E-state index is 10.9. The largest absolute Gasteiger partial charge is 0.477 e. The van der Waals surface area contributed by atoms with Gasteiger partial charge in [-0.1, -0.05) is 6.07 Å².